The molecule has 0 saturated heterocycles. The highest BCUT2D eigenvalue weighted by Crippen LogP contribution is 2.15. The number of aromatic carboxylic acids is 1. The maximum atomic E-state index is 11.7. The Morgan fingerprint density at radius 1 is 1.45 bits per heavy atom. The molecule has 8 heteroatoms. The lowest BCUT2D eigenvalue weighted by atomic mass is 10.2. The van der Waals surface area contributed by atoms with E-state index in [9.17, 15) is 9.59 Å². The number of rotatable bonds is 5. The summed E-state index contributed by atoms with van der Waals surface area (Å²) in [4.78, 5) is 22.6. The average molecular weight is 280 g/mol. The van der Waals surface area contributed by atoms with Gasteiger partial charge in [0.2, 0.25) is 5.76 Å². The van der Waals surface area contributed by atoms with Crippen LogP contribution in [0.3, 0.4) is 0 Å². The number of aromatic nitrogens is 1. The summed E-state index contributed by atoms with van der Waals surface area (Å²) in [7, 11) is 1.40. The lowest BCUT2D eigenvalue weighted by Crippen LogP contribution is -2.21. The highest BCUT2D eigenvalue weighted by molar-refractivity contribution is 5.91. The first-order chi connectivity index (χ1) is 9.51. The molecular weight excluding hydrogens is 268 g/mol. The Morgan fingerprint density at radius 2 is 2.20 bits per heavy atom. The number of aryl methyl sites for hydroxylation is 1. The van der Waals surface area contributed by atoms with Gasteiger partial charge >= 0.3 is 5.97 Å². The molecule has 20 heavy (non-hydrogen) atoms. The van der Waals surface area contributed by atoms with E-state index in [1.807, 2.05) is 0 Å². The molecule has 2 aromatic rings. The first kappa shape index (κ1) is 13.7. The molecule has 0 spiro atoms. The Morgan fingerprint density at radius 3 is 2.75 bits per heavy atom. The maximum absolute atomic E-state index is 11.7. The van der Waals surface area contributed by atoms with E-state index in [1.165, 1.54) is 26.2 Å². The molecule has 8 nitrogen and oxygen atoms in total. The van der Waals surface area contributed by atoms with Crippen LogP contribution < -0.4 is 10.1 Å². The smallest absolute Gasteiger partial charge is 0.339 e. The van der Waals surface area contributed by atoms with Crippen molar-refractivity contribution in [1.29, 1.82) is 0 Å². The van der Waals surface area contributed by atoms with Crippen LogP contribution in [0.2, 0.25) is 0 Å². The topological polar surface area (TPSA) is 115 Å². The van der Waals surface area contributed by atoms with Gasteiger partial charge in [-0.1, -0.05) is 0 Å². The number of nitrogens with one attached hydrogen (secondary N) is 1. The molecule has 0 unspecified atom stereocenters. The van der Waals surface area contributed by atoms with Gasteiger partial charge in [-0.15, -0.1) is 0 Å². The van der Waals surface area contributed by atoms with Crippen molar-refractivity contribution in [1.82, 2.24) is 10.5 Å². The maximum Gasteiger partial charge on any atom is 0.339 e. The van der Waals surface area contributed by atoms with Gasteiger partial charge in [-0.2, -0.15) is 0 Å². The summed E-state index contributed by atoms with van der Waals surface area (Å²) < 4.78 is 14.8. The minimum Gasteiger partial charge on any atom is -0.479 e. The van der Waals surface area contributed by atoms with Crippen LogP contribution in [0.25, 0.3) is 0 Å². The van der Waals surface area contributed by atoms with E-state index in [0.717, 1.165) is 0 Å². The summed E-state index contributed by atoms with van der Waals surface area (Å²) in [5.41, 5.74) is 0.0654. The SMILES string of the molecule is COc1cc(C(=O)NCc2cc(C(=O)O)c(C)o2)on1. The zero-order valence-electron chi connectivity index (χ0n) is 10.8. The van der Waals surface area contributed by atoms with Crippen molar-refractivity contribution < 1.29 is 28.4 Å². The quantitative estimate of drug-likeness (QED) is 0.845. The van der Waals surface area contributed by atoms with Gasteiger partial charge in [0.1, 0.15) is 17.1 Å². The van der Waals surface area contributed by atoms with Crippen LogP contribution in [0, 0.1) is 6.92 Å². The molecular formula is C12H12N2O6. The van der Waals surface area contributed by atoms with E-state index < -0.39 is 11.9 Å². The average Bonchev–Trinajstić information content (AvgIpc) is 3.02. The largest absolute Gasteiger partial charge is 0.479 e. The number of hydrogen-bond acceptors (Lipinski definition) is 6. The molecule has 2 N–H and O–H groups in total. The molecule has 1 amide bonds. The van der Waals surface area contributed by atoms with Gasteiger partial charge in [-0.25, -0.2) is 4.79 Å². The number of ether oxygens (including phenoxy) is 1. The predicted molar refractivity (Wildman–Crippen MR) is 64.6 cm³/mol. The number of amides is 1. The molecule has 0 aliphatic carbocycles. The second-order valence-electron chi connectivity index (χ2n) is 3.90. The van der Waals surface area contributed by atoms with Gasteiger partial charge in [0.05, 0.1) is 19.7 Å². The lowest BCUT2D eigenvalue weighted by Gasteiger charge is -1.98. The minimum absolute atomic E-state index is 0.0106. The Hall–Kier alpha value is -2.77. The second kappa shape index (κ2) is 5.47. The van der Waals surface area contributed by atoms with E-state index in [1.54, 1.807) is 0 Å². The van der Waals surface area contributed by atoms with E-state index >= 15 is 0 Å². The van der Waals surface area contributed by atoms with Gasteiger partial charge in [-0.3, -0.25) is 4.79 Å². The number of methoxy groups -OCH3 is 1. The zero-order chi connectivity index (χ0) is 14.7. The van der Waals surface area contributed by atoms with Crippen LogP contribution in [0.15, 0.2) is 21.1 Å². The fourth-order valence-electron chi connectivity index (χ4n) is 1.56. The van der Waals surface area contributed by atoms with Gasteiger partial charge < -0.3 is 24.1 Å². The first-order valence-electron chi connectivity index (χ1n) is 5.62. The molecule has 0 radical (unpaired) electrons. The fraction of sp³-hybridized carbons (Fsp3) is 0.250. The van der Waals surface area contributed by atoms with E-state index in [0.29, 0.717) is 5.76 Å². The number of carbonyl (C=O) groups excluding carboxylic acids is 1. The van der Waals surface area contributed by atoms with Crippen molar-refractivity contribution in [2.75, 3.05) is 7.11 Å². The standard InChI is InChI=1S/C12H12N2O6/c1-6-8(12(16)17)3-7(19-6)5-13-11(15)9-4-10(18-2)14-20-9/h3-4H,5H2,1-2H3,(H,13,15)(H,16,17). The number of carboxylic acid groups (broad SMARTS) is 1. The van der Waals surface area contributed by atoms with Gasteiger partial charge in [0, 0.05) is 0 Å². The van der Waals surface area contributed by atoms with Crippen molar-refractivity contribution in [3.8, 4) is 5.88 Å². The van der Waals surface area contributed by atoms with Crippen molar-refractivity contribution >= 4 is 11.9 Å². The summed E-state index contributed by atoms with van der Waals surface area (Å²) in [6.07, 6.45) is 0. The summed E-state index contributed by atoms with van der Waals surface area (Å²) in [5, 5.41) is 14.9. The van der Waals surface area contributed by atoms with Crippen molar-refractivity contribution in [3.05, 3.63) is 35.0 Å². The molecule has 0 aliphatic rings. The summed E-state index contributed by atoms with van der Waals surface area (Å²) in [6.45, 7) is 1.58. The summed E-state index contributed by atoms with van der Waals surface area (Å²) in [5.74, 6) is -0.793. The lowest BCUT2D eigenvalue weighted by molar-refractivity contribution is 0.0694. The molecule has 0 saturated carbocycles. The first-order valence-corrected chi connectivity index (χ1v) is 5.62. The van der Waals surface area contributed by atoms with Crippen LogP contribution in [0.4, 0.5) is 0 Å². The third kappa shape index (κ3) is 2.79. The van der Waals surface area contributed by atoms with Crippen LogP contribution >= 0.6 is 0 Å². The Kier molecular flexibility index (Phi) is 3.74. The number of furan rings is 1. The molecule has 0 bridgehead atoms. The van der Waals surface area contributed by atoms with Gasteiger partial charge in [0.15, 0.2) is 0 Å². The zero-order valence-corrected chi connectivity index (χ0v) is 10.8. The number of hydrogen-bond donors (Lipinski definition) is 2. The summed E-state index contributed by atoms with van der Waals surface area (Å²) >= 11 is 0. The van der Waals surface area contributed by atoms with Crippen LogP contribution in [0.5, 0.6) is 5.88 Å². The third-order valence-electron chi connectivity index (χ3n) is 2.54. The van der Waals surface area contributed by atoms with Crippen molar-refractivity contribution in [2.45, 2.75) is 13.5 Å². The Bertz CT molecular complexity index is 642. The van der Waals surface area contributed by atoms with Gasteiger partial charge in [-0.05, 0) is 18.1 Å². The highest BCUT2D eigenvalue weighted by Gasteiger charge is 2.16. The van der Waals surface area contributed by atoms with E-state index in [2.05, 4.69) is 10.5 Å². The Labute approximate surface area is 113 Å². The van der Waals surface area contributed by atoms with Crippen LogP contribution in [0.1, 0.15) is 32.4 Å². The van der Waals surface area contributed by atoms with E-state index in [4.69, 9.17) is 18.8 Å². The minimum atomic E-state index is -1.08. The van der Waals surface area contributed by atoms with Gasteiger partial charge in [0.25, 0.3) is 11.8 Å². The predicted octanol–water partition coefficient (Wildman–Crippen LogP) is 1.21. The molecule has 0 aliphatic heterocycles. The number of carboxylic acids is 1. The molecule has 0 aromatic carbocycles. The molecule has 106 valence electrons. The molecule has 2 rings (SSSR count). The second-order valence-corrected chi connectivity index (χ2v) is 3.90. The van der Waals surface area contributed by atoms with Crippen LogP contribution in [-0.4, -0.2) is 29.2 Å². The monoisotopic (exact) mass is 280 g/mol. The third-order valence-corrected chi connectivity index (χ3v) is 2.54. The van der Waals surface area contributed by atoms with E-state index in [-0.39, 0.29) is 29.5 Å². The normalized spacial score (nSPS) is 10.3. The number of carbonyl (C=O) groups is 2. The Balaban J connectivity index is 1.99. The highest BCUT2D eigenvalue weighted by atomic mass is 16.5. The molecule has 0 fully saturated rings. The van der Waals surface area contributed by atoms with Crippen LogP contribution in [-0.2, 0) is 6.54 Å². The van der Waals surface area contributed by atoms with Crippen molar-refractivity contribution in [2.24, 2.45) is 0 Å². The number of nitrogens with zero attached hydrogens (tertiary/aromatic N) is 1. The molecule has 0 atom stereocenters. The molecule has 2 aromatic heterocycles. The van der Waals surface area contributed by atoms with Crippen molar-refractivity contribution in [3.63, 3.8) is 0 Å². The fourth-order valence-corrected chi connectivity index (χ4v) is 1.56. The summed E-state index contributed by atoms with van der Waals surface area (Å²) in [6, 6.07) is 2.70. The molecule has 2 heterocycles.